The van der Waals surface area contributed by atoms with Crippen molar-refractivity contribution in [2.24, 2.45) is 7.05 Å². The average molecular weight is 471 g/mol. The van der Waals surface area contributed by atoms with Gasteiger partial charge in [-0.05, 0) is 25.3 Å². The molecule has 1 atom stereocenters. The number of nitrogens with zero attached hydrogens (tertiary/aromatic N) is 4. The third-order valence-corrected chi connectivity index (χ3v) is 5.72. The van der Waals surface area contributed by atoms with Gasteiger partial charge in [-0.1, -0.05) is 37.3 Å². The Morgan fingerprint density at radius 3 is 2.53 bits per heavy atom. The van der Waals surface area contributed by atoms with Crippen LogP contribution < -0.4 is 4.74 Å². The zero-order valence-corrected chi connectivity index (χ0v) is 19.2. The Morgan fingerprint density at radius 1 is 1.21 bits per heavy atom. The van der Waals surface area contributed by atoms with Gasteiger partial charge in [0.1, 0.15) is 12.3 Å². The Kier molecular flexibility index (Phi) is 6.16. The maximum Gasteiger partial charge on any atom is 0.417 e. The predicted octanol–water partition coefficient (Wildman–Crippen LogP) is 5.14. The van der Waals surface area contributed by atoms with Crippen LogP contribution in [0.15, 0.2) is 36.4 Å². The minimum absolute atomic E-state index is 0.0224. The minimum atomic E-state index is -4.67. The van der Waals surface area contributed by atoms with Crippen molar-refractivity contribution in [3.63, 3.8) is 0 Å². The average Bonchev–Trinajstić information content (AvgIpc) is 3.30. The summed E-state index contributed by atoms with van der Waals surface area (Å²) >= 11 is 0. The summed E-state index contributed by atoms with van der Waals surface area (Å²) in [4.78, 5) is 16.8. The van der Waals surface area contributed by atoms with E-state index < -0.39 is 11.7 Å². The van der Waals surface area contributed by atoms with Crippen molar-refractivity contribution in [1.29, 1.82) is 0 Å². The third kappa shape index (κ3) is 4.52. The molecule has 0 saturated heterocycles. The van der Waals surface area contributed by atoms with Crippen molar-refractivity contribution in [3.8, 4) is 17.1 Å². The first kappa shape index (κ1) is 23.5. The number of aromatic nitrogens is 5. The van der Waals surface area contributed by atoms with Crippen LogP contribution in [-0.2, 0) is 18.0 Å². The molecule has 0 radical (unpaired) electrons. The van der Waals surface area contributed by atoms with Crippen molar-refractivity contribution in [2.45, 2.75) is 39.3 Å². The van der Waals surface area contributed by atoms with E-state index in [1.807, 2.05) is 20.8 Å². The Labute approximate surface area is 194 Å². The van der Waals surface area contributed by atoms with Crippen molar-refractivity contribution in [1.82, 2.24) is 25.0 Å². The van der Waals surface area contributed by atoms with E-state index in [4.69, 9.17) is 4.74 Å². The number of fused-ring (bicyclic) bond motifs is 1. The maximum atomic E-state index is 14.0. The number of ether oxygens (including phenoxy) is 1. The molecular weight excluding hydrogens is 447 g/mol. The highest BCUT2D eigenvalue weighted by Crippen LogP contribution is 2.40. The summed E-state index contributed by atoms with van der Waals surface area (Å²) in [6, 6.07) is 9.44. The fourth-order valence-electron chi connectivity index (χ4n) is 4.26. The fourth-order valence-corrected chi connectivity index (χ4v) is 4.26. The molecule has 1 N–H and O–H groups in total. The van der Waals surface area contributed by atoms with Gasteiger partial charge in [0.25, 0.3) is 0 Å². The summed E-state index contributed by atoms with van der Waals surface area (Å²) < 4.78 is 48.8. The van der Waals surface area contributed by atoms with Crippen molar-refractivity contribution in [3.05, 3.63) is 58.9 Å². The number of carbonyl (C=O) groups excluding carboxylic acids is 1. The van der Waals surface area contributed by atoms with Gasteiger partial charge in [-0.25, -0.2) is 4.68 Å². The zero-order valence-electron chi connectivity index (χ0n) is 19.2. The summed E-state index contributed by atoms with van der Waals surface area (Å²) in [5.41, 5.74) is 2.48. The second kappa shape index (κ2) is 8.92. The Bertz CT molecular complexity index is 1320. The number of carbonyl (C=O) groups is 1. The number of hydrogen-bond donors (Lipinski definition) is 1. The smallest absolute Gasteiger partial charge is 0.417 e. The van der Waals surface area contributed by atoms with Gasteiger partial charge in [-0.2, -0.15) is 28.4 Å². The number of benzene rings is 1. The van der Waals surface area contributed by atoms with Crippen LogP contribution in [0.1, 0.15) is 41.8 Å². The molecular formula is C24H24F3N5O2. The highest BCUT2D eigenvalue weighted by molar-refractivity contribution is 5.94. The van der Waals surface area contributed by atoms with Crippen LogP contribution in [0.3, 0.4) is 0 Å². The number of H-pyrrole nitrogens is 1. The van der Waals surface area contributed by atoms with Gasteiger partial charge >= 0.3 is 6.18 Å². The zero-order chi connectivity index (χ0) is 24.6. The van der Waals surface area contributed by atoms with Crippen LogP contribution in [0.4, 0.5) is 13.2 Å². The van der Waals surface area contributed by atoms with E-state index in [2.05, 4.69) is 20.3 Å². The number of hydrogen-bond acceptors (Lipinski definition) is 5. The van der Waals surface area contributed by atoms with Gasteiger partial charge in [0.05, 0.1) is 16.6 Å². The van der Waals surface area contributed by atoms with Gasteiger partial charge in [0, 0.05) is 30.8 Å². The van der Waals surface area contributed by atoms with Crippen molar-refractivity contribution < 1.29 is 22.7 Å². The molecule has 4 rings (SSSR count). The highest BCUT2D eigenvalue weighted by atomic mass is 19.4. The first-order chi connectivity index (χ1) is 16.1. The molecule has 3 heterocycles. The van der Waals surface area contributed by atoms with E-state index in [-0.39, 0.29) is 47.3 Å². The second-order valence-electron chi connectivity index (χ2n) is 8.32. The molecule has 34 heavy (non-hydrogen) atoms. The molecule has 0 spiro atoms. The monoisotopic (exact) mass is 471 g/mol. The predicted molar refractivity (Wildman–Crippen MR) is 121 cm³/mol. The molecule has 1 aromatic carbocycles. The van der Waals surface area contributed by atoms with Gasteiger partial charge in [0.15, 0.2) is 11.4 Å². The number of aryl methyl sites for hydroxylation is 3. The van der Waals surface area contributed by atoms with Gasteiger partial charge in [-0.15, -0.1) is 0 Å². The number of aromatic amines is 1. The van der Waals surface area contributed by atoms with E-state index in [0.717, 1.165) is 23.0 Å². The number of Topliss-reactive ketones (excluding diaryl/α,β-unsaturated/α-hetero) is 1. The fraction of sp³-hybridized carbons (Fsp3) is 0.333. The van der Waals surface area contributed by atoms with Crippen molar-refractivity contribution >= 4 is 16.8 Å². The Hall–Kier alpha value is -3.69. The number of alkyl halides is 3. The maximum absolute atomic E-state index is 14.0. The third-order valence-electron chi connectivity index (χ3n) is 5.72. The largest absolute Gasteiger partial charge is 0.470 e. The van der Waals surface area contributed by atoms with E-state index >= 15 is 0 Å². The second-order valence-corrected chi connectivity index (χ2v) is 8.32. The Balaban J connectivity index is 1.61. The molecule has 1 unspecified atom stereocenters. The molecule has 4 aromatic rings. The quantitative estimate of drug-likeness (QED) is 0.404. The standard InChI is InChI=1S/C24H24F3N5O2/c1-13(20-14(2)29-30-15(20)3)10-17(33)12-34-19-11-18(24(25,26)27)21-22(16-8-6-5-7-9-16)31-32(4)23(21)28-19/h5-9,11,13H,10,12H2,1-4H3,(H,29,30). The van der Waals surface area contributed by atoms with Crippen LogP contribution in [0.25, 0.3) is 22.3 Å². The number of ketones is 1. The lowest BCUT2D eigenvalue weighted by atomic mass is 9.94. The summed E-state index contributed by atoms with van der Waals surface area (Å²) in [5.74, 6) is -0.640. The molecule has 7 nitrogen and oxygen atoms in total. The SMILES string of the molecule is Cc1n[nH]c(C)c1C(C)CC(=O)COc1cc(C(F)(F)F)c2c(-c3ccccc3)nn(C)c2n1. The molecule has 0 aliphatic rings. The lowest BCUT2D eigenvalue weighted by Crippen LogP contribution is -2.16. The molecule has 0 bridgehead atoms. The van der Waals surface area contributed by atoms with E-state index in [1.165, 1.54) is 11.7 Å². The topological polar surface area (TPSA) is 85.7 Å². The van der Waals surface area contributed by atoms with E-state index in [0.29, 0.717) is 5.56 Å². The first-order valence-corrected chi connectivity index (χ1v) is 10.7. The van der Waals surface area contributed by atoms with E-state index in [1.54, 1.807) is 30.3 Å². The molecule has 0 saturated carbocycles. The van der Waals surface area contributed by atoms with Gasteiger partial charge < -0.3 is 4.74 Å². The molecule has 10 heteroatoms. The van der Waals surface area contributed by atoms with Gasteiger partial charge in [0.2, 0.25) is 5.88 Å². The van der Waals surface area contributed by atoms with Crippen LogP contribution in [0, 0.1) is 13.8 Å². The van der Waals surface area contributed by atoms with Gasteiger partial charge in [-0.3, -0.25) is 9.89 Å². The summed E-state index contributed by atoms with van der Waals surface area (Å²) in [7, 11) is 1.52. The Morgan fingerprint density at radius 2 is 1.91 bits per heavy atom. The summed E-state index contributed by atoms with van der Waals surface area (Å²) in [5, 5.41) is 11.2. The van der Waals surface area contributed by atoms with E-state index in [9.17, 15) is 18.0 Å². The van der Waals surface area contributed by atoms with Crippen LogP contribution >= 0.6 is 0 Å². The number of halogens is 3. The molecule has 0 fully saturated rings. The summed E-state index contributed by atoms with van der Waals surface area (Å²) in [6.07, 6.45) is -4.50. The van der Waals surface area contributed by atoms with Crippen LogP contribution in [-0.4, -0.2) is 37.4 Å². The molecule has 0 amide bonds. The number of nitrogens with one attached hydrogen (secondary N) is 1. The molecule has 3 aromatic heterocycles. The minimum Gasteiger partial charge on any atom is -0.470 e. The molecule has 0 aliphatic heterocycles. The first-order valence-electron chi connectivity index (χ1n) is 10.7. The lowest BCUT2D eigenvalue weighted by Gasteiger charge is -2.13. The number of pyridine rings is 1. The normalized spacial score (nSPS) is 12.8. The summed E-state index contributed by atoms with van der Waals surface area (Å²) in [6.45, 7) is 5.24. The van der Waals surface area contributed by atoms with Crippen LogP contribution in [0.2, 0.25) is 0 Å². The lowest BCUT2D eigenvalue weighted by molar-refractivity contribution is -0.136. The molecule has 178 valence electrons. The molecule has 0 aliphatic carbocycles. The highest BCUT2D eigenvalue weighted by Gasteiger charge is 2.36. The number of rotatable bonds is 7. The van der Waals surface area contributed by atoms with Crippen molar-refractivity contribution in [2.75, 3.05) is 6.61 Å². The van der Waals surface area contributed by atoms with Crippen LogP contribution in [0.5, 0.6) is 5.88 Å².